The van der Waals surface area contributed by atoms with Gasteiger partial charge in [-0.2, -0.15) is 0 Å². The minimum atomic E-state index is -1.86. The van der Waals surface area contributed by atoms with Crippen molar-refractivity contribution < 1.29 is 28.7 Å². The summed E-state index contributed by atoms with van der Waals surface area (Å²) in [6, 6.07) is 18.0. The van der Waals surface area contributed by atoms with Crippen LogP contribution in [0.2, 0.25) is 0 Å². The van der Waals surface area contributed by atoms with Gasteiger partial charge in [0.05, 0.1) is 19.6 Å². The Bertz CT molecular complexity index is 987. The zero-order valence-corrected chi connectivity index (χ0v) is 21.6. The van der Waals surface area contributed by atoms with Crippen LogP contribution in [-0.4, -0.2) is 66.1 Å². The maximum Gasteiger partial charge on any atom is 0.407 e. The van der Waals surface area contributed by atoms with Crippen molar-refractivity contribution in [2.45, 2.75) is 57.3 Å². The Kier molecular flexibility index (Phi) is 7.71. The molecule has 3 aliphatic heterocycles. The van der Waals surface area contributed by atoms with E-state index in [1.54, 1.807) is 24.3 Å². The Balaban J connectivity index is 1.41. The zero-order valence-electron chi connectivity index (χ0n) is 21.6. The molecule has 2 aromatic rings. The number of ether oxygens (including phenoxy) is 2. The van der Waals surface area contributed by atoms with Gasteiger partial charge in [0.25, 0.3) is 0 Å². The number of esters is 1. The van der Waals surface area contributed by atoms with Gasteiger partial charge in [0.15, 0.2) is 6.10 Å². The fraction of sp³-hybridized carbons (Fsp3) is 0.517. The van der Waals surface area contributed by atoms with Crippen LogP contribution in [-0.2, 0) is 19.9 Å². The Labute approximate surface area is 214 Å². The molecule has 2 aromatic carbocycles. The van der Waals surface area contributed by atoms with Crippen molar-refractivity contribution in [2.24, 2.45) is 5.92 Å². The molecule has 36 heavy (non-hydrogen) atoms. The topological polar surface area (TPSA) is 84.9 Å². The van der Waals surface area contributed by atoms with Crippen molar-refractivity contribution in [3.05, 3.63) is 71.8 Å². The molecule has 1 amide bonds. The maximum atomic E-state index is 13.6. The number of fused-ring (bicyclic) bond motifs is 3. The van der Waals surface area contributed by atoms with Gasteiger partial charge in [0, 0.05) is 31.7 Å². The average molecular weight is 496 g/mol. The Morgan fingerprint density at radius 3 is 2.06 bits per heavy atom. The number of hydrogen-bond acceptors (Lipinski definition) is 5. The fourth-order valence-electron chi connectivity index (χ4n) is 5.57. The normalized spacial score (nSPS) is 23.7. The Morgan fingerprint density at radius 1 is 0.972 bits per heavy atom. The summed E-state index contributed by atoms with van der Waals surface area (Å²) in [6.45, 7) is 9.83. The van der Waals surface area contributed by atoms with E-state index < -0.39 is 23.3 Å². The number of benzene rings is 2. The van der Waals surface area contributed by atoms with Crippen LogP contribution in [0.1, 0.15) is 51.2 Å². The Morgan fingerprint density at radius 2 is 1.53 bits per heavy atom. The van der Waals surface area contributed by atoms with Crippen LogP contribution in [0.5, 0.6) is 0 Å². The summed E-state index contributed by atoms with van der Waals surface area (Å²) in [5.41, 5.74) is -1.38. The molecule has 3 fully saturated rings. The molecular formula is C29H39N2O5+. The van der Waals surface area contributed by atoms with Gasteiger partial charge in [-0.05, 0) is 31.9 Å². The highest BCUT2D eigenvalue weighted by atomic mass is 16.6. The molecule has 0 radical (unpaired) electrons. The first-order valence-electron chi connectivity index (χ1n) is 13.0. The molecule has 0 saturated carbocycles. The van der Waals surface area contributed by atoms with Gasteiger partial charge in [0.2, 0.25) is 5.60 Å². The van der Waals surface area contributed by atoms with Crippen molar-refractivity contribution >= 4 is 12.1 Å². The number of alkyl carbamates (subject to hydrolysis) is 1. The minimum absolute atomic E-state index is 0.238. The zero-order chi connectivity index (χ0) is 25.8. The van der Waals surface area contributed by atoms with Crippen molar-refractivity contribution in [1.29, 1.82) is 0 Å². The number of carbonyl (C=O) groups excluding carboxylic acids is 2. The predicted octanol–water partition coefficient (Wildman–Crippen LogP) is 3.99. The van der Waals surface area contributed by atoms with Crippen molar-refractivity contribution in [2.75, 3.05) is 32.7 Å². The number of quaternary nitrogens is 1. The summed E-state index contributed by atoms with van der Waals surface area (Å²) in [5, 5.41) is 14.6. The van der Waals surface area contributed by atoms with E-state index >= 15 is 0 Å². The summed E-state index contributed by atoms with van der Waals surface area (Å²) in [5.74, 6) is -0.312. The number of nitrogens with one attached hydrogen (secondary N) is 1. The van der Waals surface area contributed by atoms with E-state index in [1.807, 2.05) is 57.2 Å². The maximum absolute atomic E-state index is 13.6. The molecule has 0 aliphatic carbocycles. The highest BCUT2D eigenvalue weighted by molar-refractivity contribution is 5.85. The molecule has 0 aromatic heterocycles. The standard InChI is InChI=1S/C29H38N2O5/c1-28(2,3)36-27(33)30-17-10-18-31-19-15-22(16-20-31)25(21-31)35-26(32)29(34,23-11-6-4-7-12-23)24-13-8-5-9-14-24/h4-9,11-14,22,25,34H,10,15-21H2,1-3H3/p+1. The van der Waals surface area contributed by atoms with E-state index in [2.05, 4.69) is 5.32 Å². The summed E-state index contributed by atoms with van der Waals surface area (Å²) in [7, 11) is 0. The lowest BCUT2D eigenvalue weighted by molar-refractivity contribution is -0.946. The number of hydrogen-bond donors (Lipinski definition) is 2. The lowest BCUT2D eigenvalue weighted by atomic mass is 9.82. The van der Waals surface area contributed by atoms with E-state index in [1.165, 1.54) is 0 Å². The number of piperidine rings is 3. The highest BCUT2D eigenvalue weighted by Gasteiger charge is 2.50. The molecule has 3 saturated heterocycles. The first kappa shape index (κ1) is 26.2. The first-order valence-corrected chi connectivity index (χ1v) is 13.0. The van der Waals surface area contributed by atoms with Gasteiger partial charge in [-0.3, -0.25) is 0 Å². The number of amides is 1. The molecule has 1 unspecified atom stereocenters. The van der Waals surface area contributed by atoms with Gasteiger partial charge in [-0.15, -0.1) is 0 Å². The van der Waals surface area contributed by atoms with Gasteiger partial charge in [-0.1, -0.05) is 60.7 Å². The van der Waals surface area contributed by atoms with E-state index in [9.17, 15) is 14.7 Å². The molecule has 3 aliphatic rings. The van der Waals surface area contributed by atoms with Crippen LogP contribution in [0.25, 0.3) is 0 Å². The second-order valence-corrected chi connectivity index (χ2v) is 11.2. The summed E-state index contributed by atoms with van der Waals surface area (Å²) < 4.78 is 12.3. The SMILES string of the molecule is CC(C)(C)OC(=O)NCCC[N+]12CCC(CC1)C(OC(=O)C(O)(c1ccccc1)c1ccccc1)C2. The van der Waals surface area contributed by atoms with E-state index in [0.717, 1.165) is 49.9 Å². The second-order valence-electron chi connectivity index (χ2n) is 11.2. The lowest BCUT2D eigenvalue weighted by Gasteiger charge is -2.52. The van der Waals surface area contributed by atoms with Crippen molar-refractivity contribution in [3.8, 4) is 0 Å². The van der Waals surface area contributed by atoms with Crippen LogP contribution in [0, 0.1) is 5.92 Å². The largest absolute Gasteiger partial charge is 0.453 e. The van der Waals surface area contributed by atoms with Crippen LogP contribution in [0.15, 0.2) is 60.7 Å². The number of carbonyl (C=O) groups is 2. The molecule has 2 N–H and O–H groups in total. The highest BCUT2D eigenvalue weighted by Crippen LogP contribution is 2.38. The van der Waals surface area contributed by atoms with Gasteiger partial charge < -0.3 is 24.4 Å². The van der Waals surface area contributed by atoms with Crippen molar-refractivity contribution in [1.82, 2.24) is 5.32 Å². The fourth-order valence-corrected chi connectivity index (χ4v) is 5.57. The van der Waals surface area contributed by atoms with Gasteiger partial charge in [-0.25, -0.2) is 9.59 Å². The minimum Gasteiger partial charge on any atom is -0.453 e. The summed E-state index contributed by atoms with van der Waals surface area (Å²) in [6.07, 6.45) is 2.17. The molecule has 2 bridgehead atoms. The van der Waals surface area contributed by atoms with Gasteiger partial charge in [0.1, 0.15) is 12.1 Å². The van der Waals surface area contributed by atoms with Crippen LogP contribution < -0.4 is 5.32 Å². The average Bonchev–Trinajstić information content (AvgIpc) is 2.87. The molecular weight excluding hydrogens is 456 g/mol. The lowest BCUT2D eigenvalue weighted by Crippen LogP contribution is -2.65. The van der Waals surface area contributed by atoms with Crippen LogP contribution >= 0.6 is 0 Å². The van der Waals surface area contributed by atoms with Crippen molar-refractivity contribution in [3.63, 3.8) is 0 Å². The summed E-state index contributed by atoms with van der Waals surface area (Å²) in [4.78, 5) is 25.6. The second kappa shape index (κ2) is 10.6. The molecule has 1 atom stereocenters. The van der Waals surface area contributed by atoms with E-state index in [-0.39, 0.29) is 6.10 Å². The Hall–Kier alpha value is -2.90. The van der Waals surface area contributed by atoms with Crippen LogP contribution in [0.4, 0.5) is 4.79 Å². The molecule has 3 heterocycles. The third-order valence-corrected chi connectivity index (χ3v) is 7.46. The predicted molar refractivity (Wildman–Crippen MR) is 137 cm³/mol. The third-order valence-electron chi connectivity index (χ3n) is 7.46. The smallest absolute Gasteiger partial charge is 0.407 e. The molecule has 194 valence electrons. The number of aliphatic hydroxyl groups is 1. The number of nitrogens with zero attached hydrogens (tertiary/aromatic N) is 1. The molecule has 0 spiro atoms. The number of rotatable bonds is 8. The molecule has 7 heteroatoms. The van der Waals surface area contributed by atoms with E-state index in [0.29, 0.717) is 23.6 Å². The monoisotopic (exact) mass is 495 g/mol. The summed E-state index contributed by atoms with van der Waals surface area (Å²) >= 11 is 0. The first-order chi connectivity index (χ1) is 17.1. The molecule has 7 nitrogen and oxygen atoms in total. The third kappa shape index (κ3) is 5.90. The van der Waals surface area contributed by atoms with Gasteiger partial charge >= 0.3 is 12.1 Å². The quantitative estimate of drug-likeness (QED) is 0.329. The molecule has 5 rings (SSSR count). The van der Waals surface area contributed by atoms with Crippen LogP contribution in [0.3, 0.4) is 0 Å². The van der Waals surface area contributed by atoms with E-state index in [4.69, 9.17) is 9.47 Å².